The third kappa shape index (κ3) is 5.45. The van der Waals surface area contributed by atoms with E-state index in [1.54, 1.807) is 12.1 Å². The molecule has 29 heavy (non-hydrogen) atoms. The Hall–Kier alpha value is -1.74. The molecule has 8 heteroatoms. The van der Waals surface area contributed by atoms with Gasteiger partial charge in [0.1, 0.15) is 6.04 Å². The van der Waals surface area contributed by atoms with Crippen LogP contribution in [0.1, 0.15) is 25.7 Å². The highest BCUT2D eigenvalue weighted by Crippen LogP contribution is 2.29. The van der Waals surface area contributed by atoms with Gasteiger partial charge in [-0.1, -0.05) is 40.2 Å². The fraction of sp³-hybridized carbons (Fsp3) is 0.381. The maximum Gasteiger partial charge on any atom is 0.324 e. The summed E-state index contributed by atoms with van der Waals surface area (Å²) in [5, 5.41) is 9.69. The summed E-state index contributed by atoms with van der Waals surface area (Å²) in [5.74, 6) is -0.816. The first-order chi connectivity index (χ1) is 13.8. The number of ether oxygens (including phenoxy) is 1. The minimum atomic E-state index is -3.90. The van der Waals surface area contributed by atoms with Gasteiger partial charge in [0.25, 0.3) is 0 Å². The zero-order chi connectivity index (χ0) is 21.0. The summed E-state index contributed by atoms with van der Waals surface area (Å²) < 4.78 is 34.1. The van der Waals surface area contributed by atoms with Crippen LogP contribution in [0.3, 0.4) is 0 Å². The third-order valence-electron chi connectivity index (χ3n) is 5.29. The first-order valence-corrected chi connectivity index (χ1v) is 11.7. The normalized spacial score (nSPS) is 20.8. The van der Waals surface area contributed by atoms with Crippen LogP contribution in [0, 0.1) is 5.92 Å². The Morgan fingerprint density at radius 3 is 2.07 bits per heavy atom. The lowest BCUT2D eigenvalue weighted by atomic mass is 9.83. The standard InChI is InChI=1S/C21H24BrNO5S/c1-28-21(25)20(16-4-10-18(24)11-5-16)23-29(26,27)19-12-6-15(7-13-19)14-2-8-17(22)9-3-14/h2-3,6-9,12-13,16,18,20,23-24H,4-5,10-11H2,1H3/t16?,18?,20-/m1/s1. The van der Waals surface area contributed by atoms with E-state index in [1.165, 1.54) is 19.2 Å². The van der Waals surface area contributed by atoms with Crippen molar-refractivity contribution in [1.82, 2.24) is 4.72 Å². The molecule has 0 saturated heterocycles. The first-order valence-electron chi connectivity index (χ1n) is 9.44. The number of hydrogen-bond donors (Lipinski definition) is 2. The van der Waals surface area contributed by atoms with E-state index in [0.717, 1.165) is 15.6 Å². The Balaban J connectivity index is 1.79. The largest absolute Gasteiger partial charge is 0.468 e. The average molecular weight is 482 g/mol. The van der Waals surface area contributed by atoms with Gasteiger partial charge in [0.2, 0.25) is 10.0 Å². The molecule has 0 radical (unpaired) electrons. The minimum absolute atomic E-state index is 0.0862. The molecule has 0 aliphatic heterocycles. The fourth-order valence-corrected chi connectivity index (χ4v) is 5.12. The summed E-state index contributed by atoms with van der Waals surface area (Å²) in [7, 11) is -2.66. The Kier molecular flexibility index (Phi) is 7.10. The van der Waals surface area contributed by atoms with Gasteiger partial charge in [-0.05, 0) is 67.0 Å². The number of benzene rings is 2. The molecule has 2 aromatic carbocycles. The fourth-order valence-electron chi connectivity index (χ4n) is 3.60. The van der Waals surface area contributed by atoms with Crippen molar-refractivity contribution in [3.63, 3.8) is 0 Å². The molecule has 1 fully saturated rings. The molecule has 1 aliphatic rings. The van der Waals surface area contributed by atoms with Gasteiger partial charge in [-0.25, -0.2) is 8.42 Å². The molecule has 1 atom stereocenters. The number of carbonyl (C=O) groups excluding carboxylic acids is 1. The average Bonchev–Trinajstić information content (AvgIpc) is 2.73. The maximum atomic E-state index is 12.9. The van der Waals surface area contributed by atoms with E-state index in [-0.39, 0.29) is 10.8 Å². The van der Waals surface area contributed by atoms with Crippen LogP contribution in [-0.4, -0.2) is 38.7 Å². The lowest BCUT2D eigenvalue weighted by molar-refractivity contribution is -0.144. The van der Waals surface area contributed by atoms with Gasteiger partial charge in [0, 0.05) is 4.47 Å². The minimum Gasteiger partial charge on any atom is -0.468 e. The topological polar surface area (TPSA) is 92.7 Å². The van der Waals surface area contributed by atoms with Crippen LogP contribution in [0.5, 0.6) is 0 Å². The quantitative estimate of drug-likeness (QED) is 0.615. The molecule has 0 spiro atoms. The molecule has 0 bridgehead atoms. The molecule has 6 nitrogen and oxygen atoms in total. The van der Waals surface area contributed by atoms with Crippen LogP contribution in [-0.2, 0) is 19.6 Å². The number of aliphatic hydroxyl groups excluding tert-OH is 1. The van der Waals surface area contributed by atoms with Crippen LogP contribution in [0.15, 0.2) is 57.9 Å². The molecular formula is C21H24BrNO5S. The van der Waals surface area contributed by atoms with Crippen molar-refractivity contribution in [2.24, 2.45) is 5.92 Å². The lowest BCUT2D eigenvalue weighted by Gasteiger charge is -2.30. The van der Waals surface area contributed by atoms with Gasteiger partial charge >= 0.3 is 5.97 Å². The van der Waals surface area contributed by atoms with Crippen molar-refractivity contribution in [2.75, 3.05) is 7.11 Å². The highest BCUT2D eigenvalue weighted by molar-refractivity contribution is 9.10. The number of esters is 1. The van der Waals surface area contributed by atoms with Crippen LogP contribution < -0.4 is 4.72 Å². The molecule has 0 heterocycles. The second kappa shape index (κ2) is 9.38. The number of nitrogens with one attached hydrogen (secondary N) is 1. The van der Waals surface area contributed by atoms with E-state index in [4.69, 9.17) is 4.74 Å². The smallest absolute Gasteiger partial charge is 0.324 e. The van der Waals surface area contributed by atoms with Crippen LogP contribution in [0.4, 0.5) is 0 Å². The lowest BCUT2D eigenvalue weighted by Crippen LogP contribution is -2.47. The molecule has 1 saturated carbocycles. The Morgan fingerprint density at radius 2 is 1.55 bits per heavy atom. The summed E-state index contributed by atoms with van der Waals surface area (Å²) in [6.07, 6.45) is 1.81. The second-order valence-electron chi connectivity index (χ2n) is 7.22. The summed E-state index contributed by atoms with van der Waals surface area (Å²) in [6.45, 7) is 0. The zero-order valence-electron chi connectivity index (χ0n) is 16.0. The number of rotatable bonds is 6. The molecule has 0 aromatic heterocycles. The first kappa shape index (κ1) is 22.0. The summed E-state index contributed by atoms with van der Waals surface area (Å²) in [5.41, 5.74) is 1.86. The summed E-state index contributed by atoms with van der Waals surface area (Å²) >= 11 is 3.39. The van der Waals surface area contributed by atoms with Crippen LogP contribution in [0.25, 0.3) is 11.1 Å². The van der Waals surface area contributed by atoms with E-state index in [1.807, 2.05) is 24.3 Å². The number of hydrogen-bond acceptors (Lipinski definition) is 5. The summed E-state index contributed by atoms with van der Waals surface area (Å²) in [4.78, 5) is 12.3. The number of carbonyl (C=O) groups is 1. The van der Waals surface area contributed by atoms with E-state index in [9.17, 15) is 18.3 Å². The number of methoxy groups -OCH3 is 1. The van der Waals surface area contributed by atoms with Crippen molar-refractivity contribution in [3.8, 4) is 11.1 Å². The highest BCUT2D eigenvalue weighted by Gasteiger charge is 2.35. The molecule has 2 N–H and O–H groups in total. The SMILES string of the molecule is COC(=O)[C@H](NS(=O)(=O)c1ccc(-c2ccc(Br)cc2)cc1)C1CCC(O)CC1. The molecule has 0 unspecified atom stereocenters. The summed E-state index contributed by atoms with van der Waals surface area (Å²) in [6, 6.07) is 13.3. The number of aliphatic hydroxyl groups is 1. The van der Waals surface area contributed by atoms with Gasteiger partial charge in [0.05, 0.1) is 18.1 Å². The molecule has 0 amide bonds. The molecule has 3 rings (SSSR count). The van der Waals surface area contributed by atoms with Gasteiger partial charge < -0.3 is 9.84 Å². The molecule has 156 valence electrons. The Labute approximate surface area is 179 Å². The van der Waals surface area contributed by atoms with Crippen molar-refractivity contribution < 1.29 is 23.1 Å². The van der Waals surface area contributed by atoms with Crippen LogP contribution in [0.2, 0.25) is 0 Å². The van der Waals surface area contributed by atoms with Crippen molar-refractivity contribution in [3.05, 3.63) is 53.0 Å². The Morgan fingerprint density at radius 1 is 1.03 bits per heavy atom. The third-order valence-corrected chi connectivity index (χ3v) is 7.28. The number of sulfonamides is 1. The van der Waals surface area contributed by atoms with Gasteiger partial charge in [-0.2, -0.15) is 4.72 Å². The maximum absolute atomic E-state index is 12.9. The zero-order valence-corrected chi connectivity index (χ0v) is 18.4. The van der Waals surface area contributed by atoms with E-state index in [2.05, 4.69) is 20.7 Å². The molecular weight excluding hydrogens is 458 g/mol. The predicted octanol–water partition coefficient (Wildman–Crippen LogP) is 3.49. The molecule has 1 aliphatic carbocycles. The predicted molar refractivity (Wildman–Crippen MR) is 114 cm³/mol. The van der Waals surface area contributed by atoms with E-state index in [0.29, 0.717) is 25.7 Å². The van der Waals surface area contributed by atoms with E-state index >= 15 is 0 Å². The van der Waals surface area contributed by atoms with Gasteiger partial charge in [0.15, 0.2) is 0 Å². The van der Waals surface area contributed by atoms with Crippen molar-refractivity contribution in [1.29, 1.82) is 0 Å². The van der Waals surface area contributed by atoms with Crippen LogP contribution >= 0.6 is 15.9 Å². The highest BCUT2D eigenvalue weighted by atomic mass is 79.9. The second-order valence-corrected chi connectivity index (χ2v) is 9.85. The van der Waals surface area contributed by atoms with Gasteiger partial charge in [-0.3, -0.25) is 4.79 Å². The molecule has 2 aromatic rings. The van der Waals surface area contributed by atoms with Gasteiger partial charge in [-0.15, -0.1) is 0 Å². The monoisotopic (exact) mass is 481 g/mol. The number of halogens is 1. The van der Waals surface area contributed by atoms with Crippen molar-refractivity contribution >= 4 is 31.9 Å². The Bertz CT molecular complexity index is 936. The van der Waals surface area contributed by atoms with Crippen molar-refractivity contribution in [2.45, 2.75) is 42.7 Å². The van der Waals surface area contributed by atoms with E-state index < -0.39 is 28.1 Å².